The molecule has 0 saturated carbocycles. The van der Waals surface area contributed by atoms with Crippen molar-refractivity contribution in [2.24, 2.45) is 5.41 Å². The van der Waals surface area contributed by atoms with Gasteiger partial charge >= 0.3 is 78.3 Å². The molecule has 0 saturated heterocycles. The molecule has 0 bridgehead atoms. The van der Waals surface area contributed by atoms with Crippen LogP contribution in [0.2, 0.25) is 0 Å². The van der Waals surface area contributed by atoms with E-state index in [2.05, 4.69) is 32.9 Å². The third-order valence-electron chi connectivity index (χ3n) is 1.74. The van der Waals surface area contributed by atoms with Crippen molar-refractivity contribution in [2.45, 2.75) is 27.2 Å². The van der Waals surface area contributed by atoms with Gasteiger partial charge in [-0.15, -0.1) is 0 Å². The Balaban J connectivity index is 2.77. The first kappa shape index (κ1) is 8.46. The van der Waals surface area contributed by atoms with Crippen molar-refractivity contribution >= 4 is 0 Å². The van der Waals surface area contributed by atoms with Gasteiger partial charge in [-0.3, -0.25) is 0 Å². The zero-order valence-corrected chi connectivity index (χ0v) is 9.32. The summed E-state index contributed by atoms with van der Waals surface area (Å²) in [5, 5.41) is 0. The summed E-state index contributed by atoms with van der Waals surface area (Å²) in [5.41, 5.74) is 1.87. The minimum absolute atomic E-state index is 0.359. The molecule has 53 valence electrons. The van der Waals surface area contributed by atoms with Crippen LogP contribution in [0.25, 0.3) is 0 Å². The second-order valence-electron chi connectivity index (χ2n) is 3.78. The topological polar surface area (TPSA) is 0 Å². The second kappa shape index (κ2) is 2.77. The molecule has 0 aromatic heterocycles. The van der Waals surface area contributed by atoms with Gasteiger partial charge in [0.15, 0.2) is 0 Å². The molecule has 0 unspecified atom stereocenters. The molecule has 1 heteroatoms. The molecule has 1 rings (SSSR count). The third kappa shape index (κ3) is 1.92. The molecule has 0 amide bonds. The van der Waals surface area contributed by atoms with E-state index in [4.69, 9.17) is 0 Å². The third-order valence-corrected chi connectivity index (χ3v) is 2.59. The van der Waals surface area contributed by atoms with E-state index < -0.39 is 0 Å². The molecule has 0 aliphatic heterocycles. The van der Waals surface area contributed by atoms with Gasteiger partial charge in [0.1, 0.15) is 0 Å². The van der Waals surface area contributed by atoms with Crippen LogP contribution < -0.4 is 0 Å². The van der Waals surface area contributed by atoms with Crippen molar-refractivity contribution in [2.75, 3.05) is 0 Å². The first-order chi connectivity index (χ1) is 4.50. The van der Waals surface area contributed by atoms with E-state index >= 15 is 0 Å². The van der Waals surface area contributed by atoms with Crippen LogP contribution in [-0.2, 0) is 24.7 Å². The minimum atomic E-state index is 0.359. The van der Waals surface area contributed by atoms with E-state index in [9.17, 15) is 0 Å². The van der Waals surface area contributed by atoms with E-state index in [1.165, 1.54) is 12.0 Å². The van der Waals surface area contributed by atoms with Crippen LogP contribution in [0.5, 0.6) is 0 Å². The van der Waals surface area contributed by atoms with Crippen LogP contribution in [0, 0.1) is 5.41 Å². The van der Waals surface area contributed by atoms with Gasteiger partial charge in [0.25, 0.3) is 0 Å². The molecular weight excluding hydrogens is 199 g/mol. The molecule has 0 aromatic rings. The summed E-state index contributed by atoms with van der Waals surface area (Å²) in [4.78, 5) is 0. The van der Waals surface area contributed by atoms with Crippen LogP contribution in [-0.4, -0.2) is 0 Å². The molecule has 1 aliphatic rings. The monoisotopic (exact) mass is 211 g/mol. The van der Waals surface area contributed by atoms with Gasteiger partial charge in [0, 0.05) is 0 Å². The number of hydrogen-bond donors (Lipinski definition) is 0. The molecule has 1 aliphatic carbocycles. The van der Waals surface area contributed by atoms with Gasteiger partial charge in [-0.2, -0.15) is 0 Å². The average molecular weight is 212 g/mol. The van der Waals surface area contributed by atoms with Crippen molar-refractivity contribution in [3.63, 3.8) is 0 Å². The van der Waals surface area contributed by atoms with E-state index in [1.807, 2.05) is 0 Å². The molecule has 0 heterocycles. The van der Waals surface area contributed by atoms with E-state index in [0.29, 0.717) is 5.41 Å². The zero-order valence-electron chi connectivity index (χ0n) is 6.86. The van der Waals surface area contributed by atoms with Crippen LogP contribution in [0.4, 0.5) is 0 Å². The van der Waals surface area contributed by atoms with Gasteiger partial charge in [-0.1, -0.05) is 0 Å². The van der Waals surface area contributed by atoms with E-state index in [0.717, 1.165) is 0 Å². The van der Waals surface area contributed by atoms with Crippen LogP contribution >= 0.6 is 0 Å². The van der Waals surface area contributed by atoms with Crippen LogP contribution in [0.15, 0.2) is 21.0 Å². The Labute approximate surface area is 78.2 Å². The summed E-state index contributed by atoms with van der Waals surface area (Å²) in [5.74, 6) is 0. The molecular formula is C9H13Zr. The number of allylic oxidation sites excluding steroid dienone is 4. The average Bonchev–Trinajstić information content (AvgIpc) is 2.11. The predicted octanol–water partition coefficient (Wildman–Crippen LogP) is 2.79. The van der Waals surface area contributed by atoms with Crippen molar-refractivity contribution < 1.29 is 24.7 Å². The maximum atomic E-state index is 2.35. The molecule has 0 fully saturated rings. The Morgan fingerprint density at radius 3 is 2.20 bits per heavy atom. The second-order valence-corrected chi connectivity index (χ2v) is 5.36. The number of rotatable bonds is 0. The van der Waals surface area contributed by atoms with Crippen molar-refractivity contribution in [3.05, 3.63) is 21.0 Å². The molecule has 0 nitrogen and oxygen atoms in total. The fraction of sp³-hybridized carbons (Fsp3) is 0.556. The summed E-state index contributed by atoms with van der Waals surface area (Å²) < 4.78 is 1.58. The van der Waals surface area contributed by atoms with Gasteiger partial charge < -0.3 is 0 Å². The van der Waals surface area contributed by atoms with Gasteiger partial charge in [-0.05, 0) is 0 Å². The SMILES string of the molecule is CC(C)(C)C1=CC[C]([Zr])=C1. The molecule has 0 aromatic carbocycles. The maximum absolute atomic E-state index is 2.35. The van der Waals surface area contributed by atoms with E-state index in [-0.39, 0.29) is 0 Å². The Kier molecular flexibility index (Phi) is 2.35. The van der Waals surface area contributed by atoms with Crippen molar-refractivity contribution in [1.82, 2.24) is 0 Å². The molecule has 0 N–H and O–H groups in total. The quantitative estimate of drug-likeness (QED) is 0.579. The molecule has 0 radical (unpaired) electrons. The zero-order chi connectivity index (χ0) is 7.78. The van der Waals surface area contributed by atoms with Crippen molar-refractivity contribution in [3.8, 4) is 0 Å². The summed E-state index contributed by atoms with van der Waals surface area (Å²) in [6.07, 6.45) is 5.90. The normalized spacial score (nSPS) is 18.6. The summed E-state index contributed by atoms with van der Waals surface area (Å²) in [7, 11) is 0. The van der Waals surface area contributed by atoms with Gasteiger partial charge in [0.05, 0.1) is 0 Å². The Morgan fingerprint density at radius 2 is 2.00 bits per heavy atom. The summed E-state index contributed by atoms with van der Waals surface area (Å²) in [6, 6.07) is 0. The van der Waals surface area contributed by atoms with Crippen LogP contribution in [0.1, 0.15) is 27.2 Å². The van der Waals surface area contributed by atoms with Crippen molar-refractivity contribution in [1.29, 1.82) is 0 Å². The fourth-order valence-electron chi connectivity index (χ4n) is 1.05. The summed E-state index contributed by atoms with van der Waals surface area (Å²) >= 11 is 1.57. The van der Waals surface area contributed by atoms with Gasteiger partial charge in [-0.25, -0.2) is 0 Å². The predicted molar refractivity (Wildman–Crippen MR) is 40.2 cm³/mol. The first-order valence-electron chi connectivity index (χ1n) is 3.63. The fourth-order valence-corrected chi connectivity index (χ4v) is 1.68. The standard InChI is InChI=1S/C9H13.Zr/c1-9(2,3)8-6-4-5-7-8;/h6-7H,4H2,1-3H3;. The number of hydrogen-bond acceptors (Lipinski definition) is 0. The molecule has 0 spiro atoms. The Morgan fingerprint density at radius 1 is 1.40 bits per heavy atom. The van der Waals surface area contributed by atoms with Crippen LogP contribution in [0.3, 0.4) is 0 Å². The first-order valence-corrected chi connectivity index (χ1v) is 4.86. The molecule has 0 atom stereocenters. The molecule has 10 heavy (non-hydrogen) atoms. The van der Waals surface area contributed by atoms with Gasteiger partial charge in [0.2, 0.25) is 0 Å². The summed E-state index contributed by atoms with van der Waals surface area (Å²) in [6.45, 7) is 6.80. The van der Waals surface area contributed by atoms with E-state index in [1.54, 1.807) is 28.0 Å². The Bertz CT molecular complexity index is 191. The Hall–Kier alpha value is 0.363.